The molecule has 12 heteroatoms. The number of aromatic nitrogens is 3. The fourth-order valence-electron chi connectivity index (χ4n) is 4.82. The summed E-state index contributed by atoms with van der Waals surface area (Å²) in [6.45, 7) is 8.35. The molecule has 228 valence electrons. The maximum absolute atomic E-state index is 13.4. The lowest BCUT2D eigenvalue weighted by Crippen LogP contribution is -2.38. The molecular weight excluding hydrogens is 597 g/mol. The number of pyridine rings is 1. The van der Waals surface area contributed by atoms with Crippen molar-refractivity contribution in [2.75, 3.05) is 24.1 Å². The number of nitrogens with zero attached hydrogens (tertiary/aromatic N) is 3. The fourth-order valence-corrected chi connectivity index (χ4v) is 7.51. The Kier molecular flexibility index (Phi) is 8.43. The third kappa shape index (κ3) is 6.88. The minimum atomic E-state index is -3.92. The van der Waals surface area contributed by atoms with Gasteiger partial charge >= 0.3 is 0 Å². The Balaban J connectivity index is 1.26. The third-order valence-corrected chi connectivity index (χ3v) is 10.3. The summed E-state index contributed by atoms with van der Waals surface area (Å²) in [5.41, 5.74) is 9.86. The summed E-state index contributed by atoms with van der Waals surface area (Å²) in [5.74, 6) is 0.659. The number of sulfonamides is 1. The zero-order chi connectivity index (χ0) is 31.7. The van der Waals surface area contributed by atoms with Crippen LogP contribution in [-0.2, 0) is 19.9 Å². The number of hydrogen-bond donors (Lipinski definition) is 3. The summed E-state index contributed by atoms with van der Waals surface area (Å²) in [4.78, 5) is 13.0. The zero-order valence-electron chi connectivity index (χ0n) is 24.9. The molecule has 44 heavy (non-hydrogen) atoms. The van der Waals surface area contributed by atoms with E-state index in [1.165, 1.54) is 36.5 Å². The molecule has 0 bridgehead atoms. The summed E-state index contributed by atoms with van der Waals surface area (Å²) in [6, 6.07) is 21.5. The number of aryl methyl sites for hydroxylation is 2. The molecule has 2 aromatic heterocycles. The molecule has 2 heterocycles. The van der Waals surface area contributed by atoms with Crippen LogP contribution in [0.4, 0.5) is 11.8 Å². The van der Waals surface area contributed by atoms with Gasteiger partial charge in [0, 0.05) is 36.3 Å². The molecule has 0 fully saturated rings. The van der Waals surface area contributed by atoms with Crippen molar-refractivity contribution < 1.29 is 16.8 Å². The largest absolute Gasteiger partial charge is 0.369 e. The number of anilines is 2. The fraction of sp³-hybridized carbons (Fsp3) is 0.219. The van der Waals surface area contributed by atoms with Crippen molar-refractivity contribution in [3.05, 3.63) is 96.2 Å². The summed E-state index contributed by atoms with van der Waals surface area (Å²) in [5, 5.41) is 3.75. The standard InChI is InChI=1S/C32H34N6O4S2/c1-21-15-22(2)17-23(16-21)28-18-30(38-31(33)37-28)35-19-32(3,4)20-36-44(41,42)25-11-9-24(10-12-25)43(39,40)29-13-14-34-27-8-6-5-7-26(27)29/h5-18,36H,19-20H2,1-4H3,(H3,33,35,37,38). The number of nitrogens with one attached hydrogen (secondary N) is 2. The highest BCUT2D eigenvalue weighted by atomic mass is 32.2. The van der Waals surface area contributed by atoms with Crippen LogP contribution in [0, 0.1) is 19.3 Å². The van der Waals surface area contributed by atoms with Gasteiger partial charge in [0.15, 0.2) is 0 Å². The Morgan fingerprint density at radius 2 is 1.45 bits per heavy atom. The Bertz CT molecular complexity index is 2040. The molecule has 0 unspecified atom stereocenters. The zero-order valence-corrected chi connectivity index (χ0v) is 26.5. The molecule has 5 aromatic rings. The van der Waals surface area contributed by atoms with E-state index in [9.17, 15) is 16.8 Å². The molecule has 4 N–H and O–H groups in total. The van der Waals surface area contributed by atoms with E-state index >= 15 is 0 Å². The highest BCUT2D eigenvalue weighted by Crippen LogP contribution is 2.28. The van der Waals surface area contributed by atoms with Crippen LogP contribution in [0.3, 0.4) is 0 Å². The van der Waals surface area contributed by atoms with Crippen LogP contribution >= 0.6 is 0 Å². The Hall–Kier alpha value is -4.39. The van der Waals surface area contributed by atoms with Gasteiger partial charge in [0.2, 0.25) is 25.8 Å². The molecule has 3 aromatic carbocycles. The molecule has 0 aliphatic heterocycles. The highest BCUT2D eigenvalue weighted by Gasteiger charge is 2.25. The number of benzene rings is 3. The molecule has 0 spiro atoms. The van der Waals surface area contributed by atoms with Crippen molar-refractivity contribution in [1.29, 1.82) is 0 Å². The van der Waals surface area contributed by atoms with E-state index in [1.54, 1.807) is 24.3 Å². The summed E-state index contributed by atoms with van der Waals surface area (Å²) < 4.78 is 55.7. The molecular formula is C32H34N6O4S2. The Morgan fingerprint density at radius 3 is 2.16 bits per heavy atom. The predicted molar refractivity (Wildman–Crippen MR) is 172 cm³/mol. The minimum absolute atomic E-state index is 0.0124. The number of rotatable bonds is 10. The maximum Gasteiger partial charge on any atom is 0.240 e. The van der Waals surface area contributed by atoms with Crippen LogP contribution in [-0.4, -0.2) is 44.9 Å². The van der Waals surface area contributed by atoms with E-state index in [1.807, 2.05) is 45.9 Å². The number of fused-ring (bicyclic) bond motifs is 1. The molecule has 0 radical (unpaired) electrons. The molecule has 0 aliphatic rings. The molecule has 0 saturated heterocycles. The average Bonchev–Trinajstić information content (AvgIpc) is 2.98. The first-order valence-electron chi connectivity index (χ1n) is 13.9. The van der Waals surface area contributed by atoms with E-state index < -0.39 is 25.3 Å². The van der Waals surface area contributed by atoms with E-state index in [-0.39, 0.29) is 27.2 Å². The van der Waals surface area contributed by atoms with Gasteiger partial charge in [-0.15, -0.1) is 0 Å². The lowest BCUT2D eigenvalue weighted by molar-refractivity contribution is 0.387. The monoisotopic (exact) mass is 630 g/mol. The molecule has 5 rings (SSSR count). The van der Waals surface area contributed by atoms with Crippen LogP contribution in [0.15, 0.2) is 99.7 Å². The van der Waals surface area contributed by atoms with Crippen molar-refractivity contribution in [3.63, 3.8) is 0 Å². The van der Waals surface area contributed by atoms with Gasteiger partial charge in [0.05, 0.1) is 25.9 Å². The highest BCUT2D eigenvalue weighted by molar-refractivity contribution is 7.91. The molecule has 0 amide bonds. The van der Waals surface area contributed by atoms with Gasteiger partial charge in [-0.05, 0) is 67.8 Å². The SMILES string of the molecule is Cc1cc(C)cc(-c2cc(NCC(C)(C)CNS(=O)(=O)c3ccc(S(=O)(=O)c4ccnc5ccccc45)cc3)nc(N)n2)c1. The Morgan fingerprint density at radius 1 is 0.795 bits per heavy atom. The number of hydrogen-bond acceptors (Lipinski definition) is 9. The average molecular weight is 631 g/mol. The lowest BCUT2D eigenvalue weighted by Gasteiger charge is -2.25. The molecule has 0 saturated carbocycles. The van der Waals surface area contributed by atoms with Gasteiger partial charge in [0.1, 0.15) is 5.82 Å². The van der Waals surface area contributed by atoms with E-state index in [0.717, 1.165) is 16.7 Å². The van der Waals surface area contributed by atoms with E-state index in [0.29, 0.717) is 29.0 Å². The van der Waals surface area contributed by atoms with Gasteiger partial charge in [0.25, 0.3) is 0 Å². The number of nitrogen functional groups attached to an aromatic ring is 1. The van der Waals surface area contributed by atoms with Gasteiger partial charge < -0.3 is 11.1 Å². The molecule has 0 aliphatic carbocycles. The Labute approximate surface area is 257 Å². The number of para-hydroxylation sites is 1. The second-order valence-corrected chi connectivity index (χ2v) is 15.2. The smallest absolute Gasteiger partial charge is 0.240 e. The maximum atomic E-state index is 13.4. The van der Waals surface area contributed by atoms with Crippen LogP contribution in [0.2, 0.25) is 0 Å². The minimum Gasteiger partial charge on any atom is -0.369 e. The predicted octanol–water partition coefficient (Wildman–Crippen LogP) is 5.14. The van der Waals surface area contributed by atoms with Crippen molar-refractivity contribution >= 4 is 42.5 Å². The van der Waals surface area contributed by atoms with Gasteiger partial charge in [-0.1, -0.05) is 49.2 Å². The van der Waals surface area contributed by atoms with E-state index in [4.69, 9.17) is 5.73 Å². The summed E-state index contributed by atoms with van der Waals surface area (Å²) in [6.07, 6.45) is 1.44. The molecule has 0 atom stereocenters. The first-order chi connectivity index (χ1) is 20.7. The number of nitrogens with two attached hydrogens (primary N) is 1. The van der Waals surface area contributed by atoms with E-state index in [2.05, 4.69) is 31.1 Å². The quantitative estimate of drug-likeness (QED) is 0.190. The van der Waals surface area contributed by atoms with Crippen molar-refractivity contribution in [2.24, 2.45) is 5.41 Å². The van der Waals surface area contributed by atoms with Crippen LogP contribution in [0.5, 0.6) is 0 Å². The summed E-state index contributed by atoms with van der Waals surface area (Å²) >= 11 is 0. The molecule has 10 nitrogen and oxygen atoms in total. The van der Waals surface area contributed by atoms with Crippen LogP contribution in [0.1, 0.15) is 25.0 Å². The van der Waals surface area contributed by atoms with Crippen LogP contribution < -0.4 is 15.8 Å². The second-order valence-electron chi connectivity index (χ2n) is 11.5. The van der Waals surface area contributed by atoms with Crippen molar-refractivity contribution in [1.82, 2.24) is 19.7 Å². The van der Waals surface area contributed by atoms with Crippen LogP contribution in [0.25, 0.3) is 22.2 Å². The van der Waals surface area contributed by atoms with Crippen molar-refractivity contribution in [3.8, 4) is 11.3 Å². The van der Waals surface area contributed by atoms with Gasteiger partial charge in [-0.2, -0.15) is 4.98 Å². The second kappa shape index (κ2) is 11.9. The van der Waals surface area contributed by atoms with Crippen molar-refractivity contribution in [2.45, 2.75) is 42.4 Å². The first kappa shape index (κ1) is 31.0. The summed E-state index contributed by atoms with van der Waals surface area (Å²) in [7, 11) is -7.83. The van der Waals surface area contributed by atoms with Gasteiger partial charge in [-0.3, -0.25) is 4.98 Å². The normalized spacial score (nSPS) is 12.4. The first-order valence-corrected chi connectivity index (χ1v) is 16.9. The number of sulfone groups is 1. The van der Waals surface area contributed by atoms with Gasteiger partial charge in [-0.25, -0.2) is 26.5 Å². The lowest BCUT2D eigenvalue weighted by atomic mass is 9.94. The topological polar surface area (TPSA) is 157 Å². The third-order valence-electron chi connectivity index (χ3n) is 7.09.